The molecule has 2 aliphatic heterocycles. The number of methoxy groups -OCH3 is 1. The lowest BCUT2D eigenvalue weighted by Gasteiger charge is -2.22. The molecule has 2 atom stereocenters. The van der Waals surface area contributed by atoms with Crippen LogP contribution in [-0.4, -0.2) is 78.0 Å². The van der Waals surface area contributed by atoms with Gasteiger partial charge in [-0.2, -0.15) is 0 Å². The van der Waals surface area contributed by atoms with Crippen LogP contribution in [0.4, 0.5) is 8.78 Å². The molecule has 2 fully saturated rings. The predicted octanol–water partition coefficient (Wildman–Crippen LogP) is 1.11. The Bertz CT molecular complexity index is 684. The first-order chi connectivity index (χ1) is 11.8. The summed E-state index contributed by atoms with van der Waals surface area (Å²) in [6.45, 7) is -0.116. The molecule has 0 unspecified atom stereocenters. The number of carboxylic acid groups (broad SMARTS) is 1. The second-order valence-corrected chi connectivity index (χ2v) is 6.63. The molecule has 0 aliphatic carbocycles. The molecular formula is C17H20F2N2O4. The molecule has 0 radical (unpaired) electrons. The van der Waals surface area contributed by atoms with Gasteiger partial charge in [-0.15, -0.1) is 0 Å². The van der Waals surface area contributed by atoms with E-state index in [1.165, 1.54) is 24.1 Å². The average Bonchev–Trinajstić information content (AvgIpc) is 2.91. The number of ether oxygens (including phenoxy) is 1. The zero-order valence-electron chi connectivity index (χ0n) is 13.9. The van der Waals surface area contributed by atoms with Crippen molar-refractivity contribution in [3.8, 4) is 0 Å². The maximum atomic E-state index is 15.1. The number of fused-ring (bicyclic) bond motifs is 1. The smallest absolute Gasteiger partial charge is 0.335 e. The Labute approximate surface area is 144 Å². The summed E-state index contributed by atoms with van der Waals surface area (Å²) in [7, 11) is 1.47. The van der Waals surface area contributed by atoms with Crippen molar-refractivity contribution in [1.82, 2.24) is 9.80 Å². The highest BCUT2D eigenvalue weighted by atomic mass is 19.2. The molecule has 2 aliphatic rings. The Morgan fingerprint density at radius 3 is 2.48 bits per heavy atom. The molecule has 0 spiro atoms. The third kappa shape index (κ3) is 3.00. The average molecular weight is 354 g/mol. The lowest BCUT2D eigenvalue weighted by molar-refractivity contribution is -0.139. The van der Waals surface area contributed by atoms with E-state index >= 15 is 8.78 Å². The molecule has 2 saturated heterocycles. The lowest BCUT2D eigenvalue weighted by Crippen LogP contribution is -2.47. The zero-order valence-corrected chi connectivity index (χ0v) is 13.9. The number of rotatable bonds is 6. The highest BCUT2D eigenvalue weighted by Crippen LogP contribution is 2.45. The monoisotopic (exact) mass is 354 g/mol. The van der Waals surface area contributed by atoms with E-state index < -0.39 is 23.2 Å². The summed E-state index contributed by atoms with van der Waals surface area (Å²) in [4.78, 5) is 25.9. The fourth-order valence-corrected chi connectivity index (χ4v) is 3.55. The first-order valence-corrected chi connectivity index (χ1v) is 8.00. The second-order valence-electron chi connectivity index (χ2n) is 6.63. The molecule has 8 heteroatoms. The zero-order chi connectivity index (χ0) is 18.2. The number of amides is 1. The van der Waals surface area contributed by atoms with Gasteiger partial charge in [-0.05, 0) is 17.7 Å². The number of carbonyl (C=O) groups is 2. The summed E-state index contributed by atoms with van der Waals surface area (Å²) >= 11 is 0. The molecule has 1 amide bonds. The van der Waals surface area contributed by atoms with Gasteiger partial charge in [0.2, 0.25) is 5.67 Å². The molecule has 0 saturated carbocycles. The van der Waals surface area contributed by atoms with E-state index in [2.05, 4.69) is 0 Å². The summed E-state index contributed by atoms with van der Waals surface area (Å²) in [6, 6.07) is 6.12. The quantitative estimate of drug-likeness (QED) is 0.829. The summed E-state index contributed by atoms with van der Waals surface area (Å²) in [5.74, 6) is -1.86. The Morgan fingerprint density at radius 1 is 1.24 bits per heavy atom. The van der Waals surface area contributed by atoms with Crippen LogP contribution >= 0.6 is 0 Å². The van der Waals surface area contributed by atoms with Gasteiger partial charge in [-0.3, -0.25) is 9.69 Å². The lowest BCUT2D eigenvalue weighted by atomic mass is 9.93. The molecule has 6 nitrogen and oxygen atoms in total. The van der Waals surface area contributed by atoms with Crippen molar-refractivity contribution in [1.29, 1.82) is 0 Å². The van der Waals surface area contributed by atoms with E-state index in [-0.39, 0.29) is 44.9 Å². The Hall–Kier alpha value is -2.06. The molecule has 1 aromatic carbocycles. The van der Waals surface area contributed by atoms with Crippen molar-refractivity contribution in [2.75, 3.05) is 39.9 Å². The topological polar surface area (TPSA) is 70.1 Å². The largest absolute Gasteiger partial charge is 0.478 e. The molecular weight excluding hydrogens is 334 g/mol. The minimum atomic E-state index is -2.54. The van der Waals surface area contributed by atoms with Crippen LogP contribution in [0.2, 0.25) is 0 Å². The van der Waals surface area contributed by atoms with Gasteiger partial charge in [-0.25, -0.2) is 13.6 Å². The molecule has 2 heterocycles. The number of alkyl halides is 2. The Balaban J connectivity index is 1.69. The maximum Gasteiger partial charge on any atom is 0.335 e. The van der Waals surface area contributed by atoms with Crippen LogP contribution in [0.1, 0.15) is 15.9 Å². The number of carbonyl (C=O) groups excluding carboxylic acids is 1. The molecule has 0 aromatic heterocycles. The van der Waals surface area contributed by atoms with Crippen LogP contribution in [0.3, 0.4) is 0 Å². The molecule has 1 aromatic rings. The van der Waals surface area contributed by atoms with E-state index in [1.807, 2.05) is 0 Å². The minimum absolute atomic E-state index is 0.148. The van der Waals surface area contributed by atoms with Crippen LogP contribution < -0.4 is 0 Å². The number of hydrogen-bond acceptors (Lipinski definition) is 4. The first kappa shape index (κ1) is 17.8. The molecule has 25 heavy (non-hydrogen) atoms. The van der Waals surface area contributed by atoms with Gasteiger partial charge >= 0.3 is 5.97 Å². The number of aromatic carboxylic acids is 1. The Morgan fingerprint density at radius 2 is 1.92 bits per heavy atom. The highest BCUT2D eigenvalue weighted by molar-refractivity contribution is 5.90. The molecule has 136 valence electrons. The number of carboxylic acids is 1. The van der Waals surface area contributed by atoms with Crippen molar-refractivity contribution >= 4 is 11.9 Å². The van der Waals surface area contributed by atoms with Crippen molar-refractivity contribution in [2.24, 2.45) is 0 Å². The predicted molar refractivity (Wildman–Crippen MR) is 84.8 cm³/mol. The van der Waals surface area contributed by atoms with E-state index in [1.54, 1.807) is 17.0 Å². The van der Waals surface area contributed by atoms with Crippen molar-refractivity contribution in [2.45, 2.75) is 17.9 Å². The van der Waals surface area contributed by atoms with Gasteiger partial charge in [0.05, 0.1) is 18.7 Å². The third-order valence-corrected chi connectivity index (χ3v) is 4.87. The van der Waals surface area contributed by atoms with Crippen molar-refractivity contribution in [3.63, 3.8) is 0 Å². The minimum Gasteiger partial charge on any atom is -0.478 e. The summed E-state index contributed by atoms with van der Waals surface area (Å²) in [5.41, 5.74) is -3.89. The van der Waals surface area contributed by atoms with Gasteiger partial charge in [0.15, 0.2) is 5.67 Å². The van der Waals surface area contributed by atoms with Crippen LogP contribution in [0.25, 0.3) is 0 Å². The third-order valence-electron chi connectivity index (χ3n) is 4.87. The van der Waals surface area contributed by atoms with E-state index in [0.29, 0.717) is 0 Å². The van der Waals surface area contributed by atoms with Crippen LogP contribution in [0.15, 0.2) is 24.3 Å². The van der Waals surface area contributed by atoms with Crippen LogP contribution in [0, 0.1) is 0 Å². The van der Waals surface area contributed by atoms with Gasteiger partial charge in [0, 0.05) is 33.3 Å². The SMILES string of the molecule is COCCN1C[C@@]2(F)CN(Cc3ccc(C(=O)O)cc3)C[C@@]2(F)C1=O. The van der Waals surface area contributed by atoms with Crippen LogP contribution in [0.5, 0.6) is 0 Å². The van der Waals surface area contributed by atoms with Crippen molar-refractivity contribution in [3.05, 3.63) is 35.4 Å². The molecule has 0 bridgehead atoms. The maximum absolute atomic E-state index is 15.1. The number of benzene rings is 1. The summed E-state index contributed by atoms with van der Waals surface area (Å²) in [5, 5.41) is 8.89. The fraction of sp³-hybridized carbons (Fsp3) is 0.529. The number of nitrogens with zero attached hydrogens (tertiary/aromatic N) is 2. The fourth-order valence-electron chi connectivity index (χ4n) is 3.55. The number of likely N-dealkylation sites (tertiary alicyclic amines) is 2. The first-order valence-electron chi connectivity index (χ1n) is 8.00. The molecule has 1 N–H and O–H groups in total. The van der Waals surface area contributed by atoms with Gasteiger partial charge in [0.25, 0.3) is 5.91 Å². The Kier molecular flexibility index (Phi) is 4.51. The number of halogens is 2. The van der Waals surface area contributed by atoms with E-state index in [0.717, 1.165) is 5.56 Å². The van der Waals surface area contributed by atoms with Crippen molar-refractivity contribution < 1.29 is 28.2 Å². The van der Waals surface area contributed by atoms with Gasteiger partial charge in [-0.1, -0.05) is 12.1 Å². The summed E-state index contributed by atoms with van der Waals surface area (Å²) < 4.78 is 35.2. The highest BCUT2D eigenvalue weighted by Gasteiger charge is 2.70. The van der Waals surface area contributed by atoms with E-state index in [9.17, 15) is 9.59 Å². The number of hydrogen-bond donors (Lipinski definition) is 1. The van der Waals surface area contributed by atoms with E-state index in [4.69, 9.17) is 9.84 Å². The summed E-state index contributed by atoms with van der Waals surface area (Å²) in [6.07, 6.45) is 0. The van der Waals surface area contributed by atoms with Gasteiger partial charge in [0.1, 0.15) is 0 Å². The second kappa shape index (κ2) is 6.34. The standard InChI is InChI=1S/C17H20F2N2O4/c1-25-7-6-21-10-16(18)9-20(11-17(16,19)15(21)24)8-12-2-4-13(5-3-12)14(22)23/h2-5H,6-11H2,1H3,(H,22,23)/t16-,17+/m0/s1. The van der Waals surface area contributed by atoms with Gasteiger partial charge < -0.3 is 14.7 Å². The normalized spacial score (nSPS) is 29.2. The molecule has 3 rings (SSSR count). The van der Waals surface area contributed by atoms with Crippen LogP contribution in [-0.2, 0) is 16.1 Å².